The zero-order valence-corrected chi connectivity index (χ0v) is 10.8. The first-order chi connectivity index (χ1) is 7.68. The van der Waals surface area contributed by atoms with Crippen molar-refractivity contribution >= 4 is 21.5 Å². The third-order valence-electron chi connectivity index (χ3n) is 2.65. The molecule has 0 unspecified atom stereocenters. The van der Waals surface area contributed by atoms with E-state index in [2.05, 4.69) is 59.8 Å². The molecule has 0 aliphatic heterocycles. The summed E-state index contributed by atoms with van der Waals surface area (Å²) in [6.45, 7) is 6.28. The van der Waals surface area contributed by atoms with Crippen molar-refractivity contribution in [3.8, 4) is 0 Å². The normalized spacial score (nSPS) is 10.1. The van der Waals surface area contributed by atoms with Crippen molar-refractivity contribution < 1.29 is 0 Å². The molecule has 0 saturated heterocycles. The molecule has 0 aromatic heterocycles. The van der Waals surface area contributed by atoms with Crippen LogP contribution >= 0.6 is 15.9 Å². The summed E-state index contributed by atoms with van der Waals surface area (Å²) < 4.78 is 1.09. The molecule has 1 heteroatoms. The van der Waals surface area contributed by atoms with E-state index in [0.717, 1.165) is 10.0 Å². The first-order valence-electron chi connectivity index (χ1n) is 5.19. The summed E-state index contributed by atoms with van der Waals surface area (Å²) in [5.74, 6) is 0. The number of aryl methyl sites for hydroxylation is 1. The highest BCUT2D eigenvalue weighted by atomic mass is 79.9. The smallest absolute Gasteiger partial charge is 0.0181 e. The van der Waals surface area contributed by atoms with E-state index in [1.54, 1.807) is 0 Å². The number of rotatable bonds is 2. The Morgan fingerprint density at radius 3 is 2.44 bits per heavy atom. The molecule has 0 atom stereocenters. The molecule has 0 N–H and O–H groups in total. The summed E-state index contributed by atoms with van der Waals surface area (Å²) in [5.41, 5.74) is 4.68. The summed E-state index contributed by atoms with van der Waals surface area (Å²) in [6.07, 6.45) is 0. The van der Waals surface area contributed by atoms with Crippen LogP contribution in [0.4, 0.5) is 0 Å². The standard InChI is InChI=1S/C15H13Br/c1-11-8-9-14(16)10-15(11)12(2)13-6-4-3-5-7-13/h3-10H,2H2,1H3. The van der Waals surface area contributed by atoms with Gasteiger partial charge in [0.2, 0.25) is 0 Å². The monoisotopic (exact) mass is 272 g/mol. The molecule has 0 spiro atoms. The first-order valence-corrected chi connectivity index (χ1v) is 5.98. The zero-order valence-electron chi connectivity index (χ0n) is 9.20. The second-order valence-corrected chi connectivity index (χ2v) is 4.72. The maximum atomic E-state index is 4.18. The van der Waals surface area contributed by atoms with Crippen molar-refractivity contribution in [3.05, 3.63) is 76.3 Å². The molecule has 0 aliphatic rings. The predicted molar refractivity (Wildman–Crippen MR) is 73.5 cm³/mol. The average Bonchev–Trinajstić information content (AvgIpc) is 2.32. The quantitative estimate of drug-likeness (QED) is 0.736. The highest BCUT2D eigenvalue weighted by Gasteiger charge is 2.05. The van der Waals surface area contributed by atoms with Gasteiger partial charge in [0.05, 0.1) is 0 Å². The summed E-state index contributed by atoms with van der Waals surface area (Å²) in [4.78, 5) is 0. The number of hydrogen-bond donors (Lipinski definition) is 0. The molecule has 2 aromatic rings. The van der Waals surface area contributed by atoms with E-state index < -0.39 is 0 Å². The minimum atomic E-state index is 1.07. The number of benzene rings is 2. The van der Waals surface area contributed by atoms with Crippen molar-refractivity contribution in [2.45, 2.75) is 6.92 Å². The minimum absolute atomic E-state index is 1.07. The zero-order chi connectivity index (χ0) is 11.5. The molecule has 2 rings (SSSR count). The molecule has 0 heterocycles. The molecule has 2 aromatic carbocycles. The van der Waals surface area contributed by atoms with Gasteiger partial charge in [0, 0.05) is 4.47 Å². The fraction of sp³-hybridized carbons (Fsp3) is 0.0667. The van der Waals surface area contributed by atoms with Gasteiger partial charge in [-0.15, -0.1) is 0 Å². The summed E-state index contributed by atoms with van der Waals surface area (Å²) in [5, 5.41) is 0. The predicted octanol–water partition coefficient (Wildman–Crippen LogP) is 4.82. The van der Waals surface area contributed by atoms with Crippen LogP contribution in [0.5, 0.6) is 0 Å². The highest BCUT2D eigenvalue weighted by molar-refractivity contribution is 9.10. The fourth-order valence-electron chi connectivity index (χ4n) is 1.71. The van der Waals surface area contributed by atoms with Gasteiger partial charge in [0.25, 0.3) is 0 Å². The van der Waals surface area contributed by atoms with E-state index in [1.807, 2.05) is 18.2 Å². The Bertz CT molecular complexity index is 512. The van der Waals surface area contributed by atoms with Crippen molar-refractivity contribution in [2.75, 3.05) is 0 Å². The van der Waals surface area contributed by atoms with Crippen molar-refractivity contribution in [1.29, 1.82) is 0 Å². The Balaban J connectivity index is 2.46. The van der Waals surface area contributed by atoms with Crippen LogP contribution in [0.2, 0.25) is 0 Å². The van der Waals surface area contributed by atoms with Crippen LogP contribution in [0, 0.1) is 6.92 Å². The maximum Gasteiger partial charge on any atom is 0.0181 e. The lowest BCUT2D eigenvalue weighted by Crippen LogP contribution is -1.89. The molecule has 0 amide bonds. The van der Waals surface area contributed by atoms with Gasteiger partial charge in [-0.2, -0.15) is 0 Å². The first kappa shape index (κ1) is 11.2. The molecular weight excluding hydrogens is 260 g/mol. The molecule has 0 radical (unpaired) electrons. The maximum absolute atomic E-state index is 4.18. The molecule has 0 nitrogen and oxygen atoms in total. The van der Waals surface area contributed by atoms with E-state index in [4.69, 9.17) is 0 Å². The van der Waals surface area contributed by atoms with Crippen LogP contribution in [-0.4, -0.2) is 0 Å². The molecule has 0 fully saturated rings. The van der Waals surface area contributed by atoms with Crippen LogP contribution in [0.15, 0.2) is 59.6 Å². The number of halogens is 1. The van der Waals surface area contributed by atoms with Crippen LogP contribution in [0.3, 0.4) is 0 Å². The molecular formula is C15H13Br. The molecule has 0 saturated carbocycles. The highest BCUT2D eigenvalue weighted by Crippen LogP contribution is 2.26. The molecule has 16 heavy (non-hydrogen) atoms. The van der Waals surface area contributed by atoms with E-state index in [9.17, 15) is 0 Å². The Hall–Kier alpha value is -1.34. The SMILES string of the molecule is C=C(c1ccccc1)c1cc(Br)ccc1C. The minimum Gasteiger partial charge on any atom is -0.0905 e. The molecule has 80 valence electrons. The largest absolute Gasteiger partial charge is 0.0905 e. The van der Waals surface area contributed by atoms with Gasteiger partial charge in [0.1, 0.15) is 0 Å². The van der Waals surface area contributed by atoms with Gasteiger partial charge in [-0.25, -0.2) is 0 Å². The van der Waals surface area contributed by atoms with Crippen molar-refractivity contribution in [3.63, 3.8) is 0 Å². The molecule has 0 aliphatic carbocycles. The Morgan fingerprint density at radius 1 is 1.06 bits per heavy atom. The van der Waals surface area contributed by atoms with Crippen LogP contribution in [-0.2, 0) is 0 Å². The van der Waals surface area contributed by atoms with Crippen molar-refractivity contribution in [1.82, 2.24) is 0 Å². The lowest BCUT2D eigenvalue weighted by Gasteiger charge is -2.10. The van der Waals surface area contributed by atoms with E-state index in [0.29, 0.717) is 0 Å². The topological polar surface area (TPSA) is 0 Å². The average molecular weight is 273 g/mol. The second-order valence-electron chi connectivity index (χ2n) is 3.80. The van der Waals surface area contributed by atoms with Gasteiger partial charge in [-0.05, 0) is 41.3 Å². The Labute approximate surface area is 105 Å². The van der Waals surface area contributed by atoms with E-state index in [1.165, 1.54) is 16.7 Å². The third-order valence-corrected chi connectivity index (χ3v) is 3.14. The summed E-state index contributed by atoms with van der Waals surface area (Å²) >= 11 is 3.50. The van der Waals surface area contributed by atoms with E-state index >= 15 is 0 Å². The van der Waals surface area contributed by atoms with Crippen LogP contribution in [0.25, 0.3) is 5.57 Å². The van der Waals surface area contributed by atoms with Gasteiger partial charge < -0.3 is 0 Å². The second kappa shape index (κ2) is 4.67. The van der Waals surface area contributed by atoms with Gasteiger partial charge in [-0.3, -0.25) is 0 Å². The number of hydrogen-bond acceptors (Lipinski definition) is 0. The third kappa shape index (κ3) is 2.25. The van der Waals surface area contributed by atoms with Gasteiger partial charge in [-0.1, -0.05) is 58.9 Å². The van der Waals surface area contributed by atoms with Gasteiger partial charge >= 0.3 is 0 Å². The van der Waals surface area contributed by atoms with Crippen LogP contribution in [0.1, 0.15) is 16.7 Å². The van der Waals surface area contributed by atoms with E-state index in [-0.39, 0.29) is 0 Å². The molecule has 0 bridgehead atoms. The lowest BCUT2D eigenvalue weighted by atomic mass is 9.96. The Morgan fingerprint density at radius 2 is 1.75 bits per heavy atom. The van der Waals surface area contributed by atoms with Crippen molar-refractivity contribution in [2.24, 2.45) is 0 Å². The fourth-order valence-corrected chi connectivity index (χ4v) is 2.08. The summed E-state index contributed by atoms with van der Waals surface area (Å²) in [7, 11) is 0. The van der Waals surface area contributed by atoms with Crippen LogP contribution < -0.4 is 0 Å². The summed E-state index contributed by atoms with van der Waals surface area (Å²) in [6, 6.07) is 16.5. The Kier molecular flexibility index (Phi) is 3.25. The van der Waals surface area contributed by atoms with Gasteiger partial charge in [0.15, 0.2) is 0 Å². The lowest BCUT2D eigenvalue weighted by molar-refractivity contribution is 1.40.